The predicted octanol–water partition coefficient (Wildman–Crippen LogP) is 2.41. The number of aromatic nitrogens is 2. The molecule has 0 unspecified atom stereocenters. The van der Waals surface area contributed by atoms with Crippen molar-refractivity contribution in [2.24, 2.45) is 0 Å². The van der Waals surface area contributed by atoms with Crippen LogP contribution in [0.4, 0.5) is 5.69 Å². The summed E-state index contributed by atoms with van der Waals surface area (Å²) in [6.45, 7) is 0. The van der Waals surface area contributed by atoms with Crippen LogP contribution in [0.1, 0.15) is 22.8 Å². The lowest BCUT2D eigenvalue weighted by atomic mass is 10.1. The van der Waals surface area contributed by atoms with E-state index in [0.29, 0.717) is 16.9 Å². The first-order chi connectivity index (χ1) is 10.1. The minimum atomic E-state index is -0.727. The van der Waals surface area contributed by atoms with Crippen molar-refractivity contribution in [3.8, 4) is 0 Å². The largest absolute Gasteiger partial charge is 0.465 e. The lowest BCUT2D eigenvalue weighted by molar-refractivity contribution is -0.385. The van der Waals surface area contributed by atoms with Gasteiger partial charge in [-0.2, -0.15) is 16.9 Å². The summed E-state index contributed by atoms with van der Waals surface area (Å²) in [5, 5.41) is 16.2. The molecule has 0 spiro atoms. The zero-order valence-corrected chi connectivity index (χ0v) is 12.1. The van der Waals surface area contributed by atoms with E-state index in [1.54, 1.807) is 6.20 Å². The van der Waals surface area contributed by atoms with Gasteiger partial charge in [0.05, 0.1) is 23.6 Å². The molecule has 0 radical (unpaired) electrons. The number of thioether (sulfide) groups is 1. The molecule has 8 heteroatoms. The summed E-state index contributed by atoms with van der Waals surface area (Å²) in [7, 11) is 1.20. The van der Waals surface area contributed by atoms with Crippen molar-refractivity contribution in [3.63, 3.8) is 0 Å². The Balaban J connectivity index is 2.12. The third-order valence-corrected chi connectivity index (χ3v) is 4.67. The van der Waals surface area contributed by atoms with Gasteiger partial charge >= 0.3 is 5.97 Å². The van der Waals surface area contributed by atoms with Gasteiger partial charge in [0, 0.05) is 23.4 Å². The Morgan fingerprint density at radius 1 is 1.57 bits per heavy atom. The highest BCUT2D eigenvalue weighted by molar-refractivity contribution is 7.99. The normalized spacial score (nSPS) is 18.0. The van der Waals surface area contributed by atoms with Crippen LogP contribution in [0.15, 0.2) is 18.3 Å². The first-order valence-corrected chi connectivity index (χ1v) is 7.59. The molecule has 0 amide bonds. The van der Waals surface area contributed by atoms with E-state index in [0.717, 1.165) is 17.9 Å². The summed E-state index contributed by atoms with van der Waals surface area (Å²) in [6, 6.07) is 3.12. The number of benzene rings is 1. The zero-order valence-electron chi connectivity index (χ0n) is 11.3. The maximum Gasteiger partial charge on any atom is 0.344 e. The van der Waals surface area contributed by atoms with Gasteiger partial charge in [-0.25, -0.2) is 4.79 Å². The average Bonchev–Trinajstić information content (AvgIpc) is 3.12. The molecule has 1 atom stereocenters. The van der Waals surface area contributed by atoms with E-state index < -0.39 is 10.9 Å². The molecule has 2 aromatic rings. The lowest BCUT2D eigenvalue weighted by Gasteiger charge is -2.07. The van der Waals surface area contributed by atoms with Crippen LogP contribution in [0.2, 0.25) is 0 Å². The van der Waals surface area contributed by atoms with Gasteiger partial charge in [0.25, 0.3) is 5.69 Å². The zero-order chi connectivity index (χ0) is 15.0. The van der Waals surface area contributed by atoms with Gasteiger partial charge in [-0.15, -0.1) is 0 Å². The smallest absolute Gasteiger partial charge is 0.344 e. The van der Waals surface area contributed by atoms with E-state index in [9.17, 15) is 14.9 Å². The second-order valence-corrected chi connectivity index (χ2v) is 5.95. The maximum absolute atomic E-state index is 11.7. The highest BCUT2D eigenvalue weighted by Gasteiger charge is 2.24. The molecule has 21 heavy (non-hydrogen) atoms. The number of hydrogen-bond donors (Lipinski definition) is 0. The molecule has 2 heterocycles. The quantitative estimate of drug-likeness (QED) is 0.491. The molecule has 3 rings (SSSR count). The molecule has 7 nitrogen and oxygen atoms in total. The molecule has 1 aliphatic rings. The van der Waals surface area contributed by atoms with Crippen molar-refractivity contribution in [1.82, 2.24) is 9.78 Å². The first-order valence-electron chi connectivity index (χ1n) is 6.43. The number of carbonyl (C=O) groups excluding carboxylic acids is 1. The molecule has 1 aromatic heterocycles. The fourth-order valence-electron chi connectivity index (χ4n) is 2.42. The molecule has 110 valence electrons. The van der Waals surface area contributed by atoms with Gasteiger partial charge in [-0.05, 0) is 18.2 Å². The van der Waals surface area contributed by atoms with Gasteiger partial charge in [-0.1, -0.05) is 0 Å². The molecule has 0 saturated carbocycles. The summed E-state index contributed by atoms with van der Waals surface area (Å²) in [6.07, 6.45) is 2.84. The van der Waals surface area contributed by atoms with Gasteiger partial charge < -0.3 is 4.74 Å². The predicted molar refractivity (Wildman–Crippen MR) is 78.7 cm³/mol. The van der Waals surface area contributed by atoms with Gasteiger partial charge in [-0.3, -0.25) is 14.8 Å². The molecule has 0 aliphatic carbocycles. The van der Waals surface area contributed by atoms with E-state index >= 15 is 0 Å². The number of nitrogens with zero attached hydrogens (tertiary/aromatic N) is 3. The summed E-state index contributed by atoms with van der Waals surface area (Å²) >= 11 is 1.86. The molecule has 1 aromatic carbocycles. The Morgan fingerprint density at radius 2 is 2.38 bits per heavy atom. The molecular weight excluding hydrogens is 294 g/mol. The van der Waals surface area contributed by atoms with E-state index in [4.69, 9.17) is 0 Å². The third-order valence-electron chi connectivity index (χ3n) is 3.52. The second-order valence-electron chi connectivity index (χ2n) is 4.80. The third kappa shape index (κ3) is 2.46. The number of esters is 1. The van der Waals surface area contributed by atoms with E-state index in [-0.39, 0.29) is 11.3 Å². The van der Waals surface area contributed by atoms with Gasteiger partial charge in [0.1, 0.15) is 5.56 Å². The Morgan fingerprint density at radius 3 is 3.00 bits per heavy atom. The topological polar surface area (TPSA) is 87.3 Å². The second kappa shape index (κ2) is 5.36. The fourth-order valence-corrected chi connectivity index (χ4v) is 3.62. The Hall–Kier alpha value is -2.09. The van der Waals surface area contributed by atoms with Crippen molar-refractivity contribution in [1.29, 1.82) is 0 Å². The average molecular weight is 307 g/mol. The summed E-state index contributed by atoms with van der Waals surface area (Å²) in [5.74, 6) is 1.35. The first kappa shape index (κ1) is 13.9. The van der Waals surface area contributed by atoms with Crippen molar-refractivity contribution in [2.45, 2.75) is 12.5 Å². The molecule has 1 aliphatic heterocycles. The maximum atomic E-state index is 11.7. The minimum Gasteiger partial charge on any atom is -0.465 e. The number of fused-ring (bicyclic) bond motifs is 1. The SMILES string of the molecule is COC(=O)c1cc2nn([C@H]3CCSC3)cc2cc1[N+](=O)[O-]. The van der Waals surface area contributed by atoms with Gasteiger partial charge in [0.2, 0.25) is 0 Å². The van der Waals surface area contributed by atoms with Crippen LogP contribution in [-0.2, 0) is 4.74 Å². The number of carbonyl (C=O) groups is 1. The fraction of sp³-hybridized carbons (Fsp3) is 0.385. The summed E-state index contributed by atoms with van der Waals surface area (Å²) in [4.78, 5) is 22.2. The van der Waals surface area contributed by atoms with Crippen LogP contribution in [0.3, 0.4) is 0 Å². The number of nitro groups is 1. The standard InChI is InChI=1S/C13H13N3O4S/c1-20-13(17)10-5-11-8(4-12(10)16(18)19)6-15(14-11)9-2-3-21-7-9/h4-6,9H,2-3,7H2,1H3/t9-/m0/s1. The molecular formula is C13H13N3O4S. The van der Waals surface area contributed by atoms with E-state index in [2.05, 4.69) is 9.84 Å². The van der Waals surface area contributed by atoms with Crippen molar-refractivity contribution in [3.05, 3.63) is 34.0 Å². The van der Waals surface area contributed by atoms with Crippen molar-refractivity contribution < 1.29 is 14.5 Å². The van der Waals surface area contributed by atoms with Crippen LogP contribution in [0.25, 0.3) is 10.9 Å². The van der Waals surface area contributed by atoms with Crippen LogP contribution in [0, 0.1) is 10.1 Å². The number of ether oxygens (including phenoxy) is 1. The molecule has 1 fully saturated rings. The molecule has 1 saturated heterocycles. The van der Waals surface area contributed by atoms with Crippen molar-refractivity contribution in [2.75, 3.05) is 18.6 Å². The monoisotopic (exact) mass is 307 g/mol. The minimum absolute atomic E-state index is 0.0685. The van der Waals surface area contributed by atoms with E-state index in [1.165, 1.54) is 19.2 Å². The number of rotatable bonds is 3. The highest BCUT2D eigenvalue weighted by atomic mass is 32.2. The van der Waals surface area contributed by atoms with Crippen LogP contribution < -0.4 is 0 Å². The van der Waals surface area contributed by atoms with E-state index in [1.807, 2.05) is 16.4 Å². The summed E-state index contributed by atoms with van der Waals surface area (Å²) < 4.78 is 6.44. The summed E-state index contributed by atoms with van der Waals surface area (Å²) in [5.41, 5.74) is 0.244. The Kier molecular flexibility index (Phi) is 3.54. The Labute approximate surface area is 124 Å². The Bertz CT molecular complexity index is 722. The number of methoxy groups -OCH3 is 1. The van der Waals surface area contributed by atoms with Crippen LogP contribution in [0.5, 0.6) is 0 Å². The van der Waals surface area contributed by atoms with Gasteiger partial charge in [0.15, 0.2) is 0 Å². The van der Waals surface area contributed by atoms with Crippen LogP contribution >= 0.6 is 11.8 Å². The number of hydrogen-bond acceptors (Lipinski definition) is 6. The molecule has 0 bridgehead atoms. The lowest BCUT2D eigenvalue weighted by Crippen LogP contribution is -2.07. The van der Waals surface area contributed by atoms with Crippen LogP contribution in [-0.4, -0.2) is 39.3 Å². The number of nitro benzene ring substituents is 1. The van der Waals surface area contributed by atoms with Crippen molar-refractivity contribution >= 4 is 34.3 Å². The molecule has 0 N–H and O–H groups in total. The highest BCUT2D eigenvalue weighted by Crippen LogP contribution is 2.31.